The average Bonchev–Trinajstić information content (AvgIpc) is 3.18. The van der Waals surface area contributed by atoms with Crippen LogP contribution in [0.3, 0.4) is 0 Å². The Morgan fingerprint density at radius 2 is 1.78 bits per heavy atom. The van der Waals surface area contributed by atoms with Crippen LogP contribution in [0.1, 0.15) is 18.4 Å². The van der Waals surface area contributed by atoms with Gasteiger partial charge in [-0.3, -0.25) is 4.79 Å². The molecule has 0 aliphatic carbocycles. The van der Waals surface area contributed by atoms with Gasteiger partial charge < -0.3 is 9.80 Å². The van der Waals surface area contributed by atoms with E-state index < -0.39 is 21.5 Å². The average molecular weight is 480 g/mol. The SMILES string of the molecule is Cc1ccc(S(=O)(=O)CCCC(=O)N2CCN(c3nc4c(F)cc(F)cc4s3)CC2)cc1. The molecule has 0 N–H and O–H groups in total. The number of aryl methyl sites for hydroxylation is 1. The summed E-state index contributed by atoms with van der Waals surface area (Å²) in [4.78, 5) is 20.8. The lowest BCUT2D eigenvalue weighted by molar-refractivity contribution is -0.131. The second kappa shape index (κ2) is 9.11. The lowest BCUT2D eigenvalue weighted by atomic mass is 10.2. The van der Waals surface area contributed by atoms with E-state index in [1.807, 2.05) is 11.8 Å². The molecule has 0 spiro atoms. The van der Waals surface area contributed by atoms with E-state index in [2.05, 4.69) is 4.98 Å². The van der Waals surface area contributed by atoms with Crippen LogP contribution >= 0.6 is 11.3 Å². The Morgan fingerprint density at radius 1 is 1.09 bits per heavy atom. The summed E-state index contributed by atoms with van der Waals surface area (Å²) in [5.74, 6) is -1.47. The van der Waals surface area contributed by atoms with E-state index in [0.29, 0.717) is 36.0 Å². The summed E-state index contributed by atoms with van der Waals surface area (Å²) in [6.45, 7) is 3.88. The van der Waals surface area contributed by atoms with Crippen LogP contribution in [0.5, 0.6) is 0 Å². The third kappa shape index (κ3) is 4.91. The molecular formula is C22H23F2N3O3S2. The molecular weight excluding hydrogens is 456 g/mol. The Labute approximate surface area is 189 Å². The van der Waals surface area contributed by atoms with Crippen LogP contribution < -0.4 is 4.90 Å². The number of piperazine rings is 1. The van der Waals surface area contributed by atoms with E-state index in [1.54, 1.807) is 29.2 Å². The van der Waals surface area contributed by atoms with E-state index in [1.165, 1.54) is 17.4 Å². The van der Waals surface area contributed by atoms with Crippen LogP contribution in [0.2, 0.25) is 0 Å². The minimum Gasteiger partial charge on any atom is -0.345 e. The Kier molecular flexibility index (Phi) is 6.43. The molecule has 1 aliphatic heterocycles. The van der Waals surface area contributed by atoms with E-state index >= 15 is 0 Å². The predicted molar refractivity (Wildman–Crippen MR) is 121 cm³/mol. The maximum atomic E-state index is 13.9. The number of fused-ring (bicyclic) bond motifs is 1. The maximum absolute atomic E-state index is 13.9. The summed E-state index contributed by atoms with van der Waals surface area (Å²) in [5.41, 5.74) is 1.14. The number of carbonyl (C=O) groups excluding carboxylic acids is 1. The van der Waals surface area contributed by atoms with Crippen molar-refractivity contribution in [2.24, 2.45) is 0 Å². The van der Waals surface area contributed by atoms with Gasteiger partial charge in [0.2, 0.25) is 5.91 Å². The Morgan fingerprint density at radius 3 is 2.47 bits per heavy atom. The number of nitrogens with zero attached hydrogens (tertiary/aromatic N) is 3. The van der Waals surface area contributed by atoms with Gasteiger partial charge in [0.1, 0.15) is 11.3 Å². The molecule has 2 heterocycles. The third-order valence-corrected chi connectivity index (χ3v) is 8.37. The minimum atomic E-state index is -3.41. The Bertz CT molecular complexity index is 1240. The summed E-state index contributed by atoms with van der Waals surface area (Å²) >= 11 is 1.22. The van der Waals surface area contributed by atoms with Gasteiger partial charge in [0.05, 0.1) is 15.3 Å². The first kappa shape index (κ1) is 22.6. The number of aromatic nitrogens is 1. The molecule has 1 fully saturated rings. The van der Waals surface area contributed by atoms with Gasteiger partial charge in [0.25, 0.3) is 0 Å². The molecule has 1 saturated heterocycles. The third-order valence-electron chi connectivity index (χ3n) is 5.49. The molecule has 3 aromatic rings. The zero-order valence-corrected chi connectivity index (χ0v) is 19.2. The van der Waals surface area contributed by atoms with Crippen LogP contribution in [0.15, 0.2) is 41.3 Å². The van der Waals surface area contributed by atoms with Gasteiger partial charge in [-0.25, -0.2) is 22.2 Å². The van der Waals surface area contributed by atoms with Gasteiger partial charge in [-0.15, -0.1) is 0 Å². The molecule has 6 nitrogen and oxygen atoms in total. The number of anilines is 1. The van der Waals surface area contributed by atoms with Crippen LogP contribution in [-0.4, -0.2) is 56.1 Å². The smallest absolute Gasteiger partial charge is 0.222 e. The standard InChI is InChI=1S/C22H23F2N3O3S2/c1-15-4-6-17(7-5-15)32(29,30)12-2-3-20(28)26-8-10-27(11-9-26)22-25-21-18(24)13-16(23)14-19(21)31-22/h4-7,13-14H,2-3,8-12H2,1H3. The van der Waals surface area contributed by atoms with Crippen molar-refractivity contribution in [2.45, 2.75) is 24.7 Å². The summed E-state index contributed by atoms with van der Waals surface area (Å²) < 4.78 is 52.6. The van der Waals surface area contributed by atoms with Gasteiger partial charge in [-0.05, 0) is 31.5 Å². The number of carbonyl (C=O) groups is 1. The molecule has 1 amide bonds. The van der Waals surface area contributed by atoms with Crippen molar-refractivity contribution in [2.75, 3.05) is 36.8 Å². The molecule has 0 bridgehead atoms. The second-order valence-corrected chi connectivity index (χ2v) is 11.0. The number of benzene rings is 2. The molecule has 1 aliphatic rings. The number of rotatable bonds is 6. The molecule has 170 valence electrons. The normalized spacial score (nSPS) is 14.8. The van der Waals surface area contributed by atoms with Crippen LogP contribution in [0.4, 0.5) is 13.9 Å². The highest BCUT2D eigenvalue weighted by Gasteiger charge is 2.24. The first-order chi connectivity index (χ1) is 15.2. The number of thiazole rings is 1. The molecule has 0 unspecified atom stereocenters. The molecule has 32 heavy (non-hydrogen) atoms. The largest absolute Gasteiger partial charge is 0.345 e. The van der Waals surface area contributed by atoms with E-state index in [-0.39, 0.29) is 34.9 Å². The van der Waals surface area contributed by atoms with E-state index in [4.69, 9.17) is 0 Å². The number of amides is 1. The fraction of sp³-hybridized carbons (Fsp3) is 0.364. The zero-order valence-electron chi connectivity index (χ0n) is 17.6. The van der Waals surface area contributed by atoms with Crippen molar-refractivity contribution >= 4 is 42.4 Å². The molecule has 10 heteroatoms. The first-order valence-corrected chi connectivity index (χ1v) is 12.8. The summed E-state index contributed by atoms with van der Waals surface area (Å²) in [5, 5.41) is 0.598. The van der Waals surface area contributed by atoms with Gasteiger partial charge in [-0.2, -0.15) is 0 Å². The second-order valence-electron chi connectivity index (χ2n) is 7.83. The van der Waals surface area contributed by atoms with Crippen molar-refractivity contribution in [3.63, 3.8) is 0 Å². The van der Waals surface area contributed by atoms with E-state index in [0.717, 1.165) is 11.6 Å². The summed E-state index contributed by atoms with van der Waals surface area (Å²) in [7, 11) is -3.41. The van der Waals surface area contributed by atoms with E-state index in [9.17, 15) is 22.0 Å². The monoisotopic (exact) mass is 479 g/mol. The van der Waals surface area contributed by atoms with Crippen molar-refractivity contribution in [1.82, 2.24) is 9.88 Å². The molecule has 4 rings (SSSR count). The fourth-order valence-electron chi connectivity index (χ4n) is 3.66. The van der Waals surface area contributed by atoms with Crippen molar-refractivity contribution in [3.05, 3.63) is 53.6 Å². The highest BCUT2D eigenvalue weighted by atomic mass is 32.2. The molecule has 1 aromatic heterocycles. The predicted octanol–water partition coefficient (Wildman–Crippen LogP) is 3.79. The fourth-order valence-corrected chi connectivity index (χ4v) is 6.03. The number of sulfone groups is 1. The number of hydrogen-bond acceptors (Lipinski definition) is 6. The zero-order chi connectivity index (χ0) is 22.9. The van der Waals surface area contributed by atoms with Crippen molar-refractivity contribution < 1.29 is 22.0 Å². The summed E-state index contributed by atoms with van der Waals surface area (Å²) in [6, 6.07) is 8.79. The molecule has 0 saturated carbocycles. The maximum Gasteiger partial charge on any atom is 0.222 e. The van der Waals surface area contributed by atoms with Crippen molar-refractivity contribution in [3.8, 4) is 0 Å². The van der Waals surface area contributed by atoms with Gasteiger partial charge in [0.15, 0.2) is 20.8 Å². The minimum absolute atomic E-state index is 0.0738. The molecule has 0 radical (unpaired) electrons. The lowest BCUT2D eigenvalue weighted by Crippen LogP contribution is -2.48. The lowest BCUT2D eigenvalue weighted by Gasteiger charge is -2.34. The summed E-state index contributed by atoms with van der Waals surface area (Å²) in [6.07, 6.45) is 0.425. The Hall–Kier alpha value is -2.59. The highest BCUT2D eigenvalue weighted by molar-refractivity contribution is 7.91. The van der Waals surface area contributed by atoms with Crippen LogP contribution in [-0.2, 0) is 14.6 Å². The van der Waals surface area contributed by atoms with Gasteiger partial charge >= 0.3 is 0 Å². The first-order valence-electron chi connectivity index (χ1n) is 10.3. The highest BCUT2D eigenvalue weighted by Crippen LogP contribution is 2.31. The Balaban J connectivity index is 1.29. The van der Waals surface area contributed by atoms with Gasteiger partial charge in [0, 0.05) is 38.7 Å². The molecule has 2 aromatic carbocycles. The van der Waals surface area contributed by atoms with Crippen LogP contribution in [0.25, 0.3) is 10.2 Å². The van der Waals surface area contributed by atoms with Gasteiger partial charge in [-0.1, -0.05) is 29.0 Å². The molecule has 0 atom stereocenters. The van der Waals surface area contributed by atoms with Crippen molar-refractivity contribution in [1.29, 1.82) is 0 Å². The number of hydrogen-bond donors (Lipinski definition) is 0. The quantitative estimate of drug-likeness (QED) is 0.538. The topological polar surface area (TPSA) is 70.6 Å². The van der Waals surface area contributed by atoms with Crippen LogP contribution in [0, 0.1) is 18.6 Å². The number of halogens is 2.